The van der Waals surface area contributed by atoms with Crippen molar-refractivity contribution in [2.45, 2.75) is 50.6 Å². The highest BCUT2D eigenvalue weighted by atomic mass is 19.4. The van der Waals surface area contributed by atoms with Crippen molar-refractivity contribution < 1.29 is 27.4 Å². The van der Waals surface area contributed by atoms with Gasteiger partial charge in [-0.3, -0.25) is 4.79 Å². The van der Waals surface area contributed by atoms with Gasteiger partial charge in [0.05, 0.1) is 6.10 Å². The molecule has 30 heavy (non-hydrogen) atoms. The summed E-state index contributed by atoms with van der Waals surface area (Å²) in [5.74, 6) is -0.547. The van der Waals surface area contributed by atoms with E-state index in [1.807, 2.05) is 6.07 Å². The number of methoxy groups -OCH3 is 1. The quantitative estimate of drug-likeness (QED) is 0.745. The van der Waals surface area contributed by atoms with Crippen LogP contribution in [0.1, 0.15) is 46.8 Å². The van der Waals surface area contributed by atoms with Gasteiger partial charge in [0, 0.05) is 31.6 Å². The van der Waals surface area contributed by atoms with Gasteiger partial charge in [0.25, 0.3) is 5.91 Å². The predicted molar refractivity (Wildman–Crippen MR) is 105 cm³/mol. The van der Waals surface area contributed by atoms with Crippen LogP contribution in [-0.4, -0.2) is 49.6 Å². The monoisotopic (exact) mass is 423 g/mol. The molecule has 2 N–H and O–H groups in total. The Hall–Kier alpha value is -2.39. The minimum absolute atomic E-state index is 0.0420. The van der Waals surface area contributed by atoms with Crippen molar-refractivity contribution in [2.24, 2.45) is 0 Å². The van der Waals surface area contributed by atoms with Gasteiger partial charge in [-0.25, -0.2) is 4.98 Å². The summed E-state index contributed by atoms with van der Waals surface area (Å²) in [7, 11) is 1.64. The molecular formula is C21H24F3N3O3. The molecule has 2 aliphatic rings. The van der Waals surface area contributed by atoms with Gasteiger partial charge >= 0.3 is 6.36 Å². The van der Waals surface area contributed by atoms with Crippen LogP contribution < -0.4 is 15.4 Å². The molecule has 2 aromatic rings. The lowest BCUT2D eigenvalue weighted by molar-refractivity contribution is -0.274. The first-order chi connectivity index (χ1) is 14.2. The first kappa shape index (κ1) is 20.9. The minimum atomic E-state index is -4.84. The predicted octanol–water partition coefficient (Wildman–Crippen LogP) is 3.43. The largest absolute Gasteiger partial charge is 0.573 e. The van der Waals surface area contributed by atoms with E-state index >= 15 is 0 Å². The summed E-state index contributed by atoms with van der Waals surface area (Å²) >= 11 is 0. The molecule has 2 unspecified atom stereocenters. The number of pyridine rings is 1. The van der Waals surface area contributed by atoms with Gasteiger partial charge < -0.3 is 20.1 Å². The number of amides is 1. The fraction of sp³-hybridized carbons (Fsp3) is 0.524. The normalized spacial score (nSPS) is 21.8. The Labute approximate surface area is 172 Å². The van der Waals surface area contributed by atoms with Gasteiger partial charge in [0.15, 0.2) is 5.75 Å². The van der Waals surface area contributed by atoms with Crippen LogP contribution in [0.4, 0.5) is 13.2 Å². The van der Waals surface area contributed by atoms with E-state index in [4.69, 9.17) is 4.74 Å². The van der Waals surface area contributed by atoms with E-state index in [2.05, 4.69) is 20.4 Å². The summed E-state index contributed by atoms with van der Waals surface area (Å²) in [5, 5.41) is 6.63. The van der Waals surface area contributed by atoms with Crippen LogP contribution in [0.25, 0.3) is 10.9 Å². The Morgan fingerprint density at radius 2 is 2.07 bits per heavy atom. The van der Waals surface area contributed by atoms with E-state index in [-0.39, 0.29) is 35.0 Å². The summed E-state index contributed by atoms with van der Waals surface area (Å²) in [4.78, 5) is 16.9. The number of ether oxygens (including phenoxy) is 2. The molecule has 2 heterocycles. The molecule has 2 fully saturated rings. The number of carbonyl (C=O) groups is 1. The molecule has 1 saturated carbocycles. The summed E-state index contributed by atoms with van der Waals surface area (Å²) in [6.45, 7) is 2.85. The van der Waals surface area contributed by atoms with Crippen LogP contribution in [0.5, 0.6) is 5.75 Å². The van der Waals surface area contributed by atoms with Crippen LogP contribution in [-0.2, 0) is 4.74 Å². The average molecular weight is 423 g/mol. The Bertz CT molecular complexity index is 960. The van der Waals surface area contributed by atoms with E-state index in [9.17, 15) is 18.0 Å². The molecule has 6 nitrogen and oxygen atoms in total. The van der Waals surface area contributed by atoms with Crippen LogP contribution in [0.2, 0.25) is 0 Å². The molecule has 1 aliphatic carbocycles. The summed E-state index contributed by atoms with van der Waals surface area (Å²) in [5.41, 5.74) is 1.59. The van der Waals surface area contributed by atoms with Gasteiger partial charge in [-0.05, 0) is 61.4 Å². The third-order valence-corrected chi connectivity index (χ3v) is 5.64. The number of benzene rings is 1. The smallest absolute Gasteiger partial charge is 0.403 e. The first-order valence-electron chi connectivity index (χ1n) is 9.99. The molecule has 1 amide bonds. The SMILES string of the molecule is COC1CNC(CNC(=O)c2cc(C)c3cc(C4CC4)cc(OC(F)(F)F)c3n2)C1. The Kier molecular flexibility index (Phi) is 5.59. The highest BCUT2D eigenvalue weighted by molar-refractivity contribution is 5.97. The molecule has 0 spiro atoms. The topological polar surface area (TPSA) is 72.5 Å². The van der Waals surface area contributed by atoms with Crippen molar-refractivity contribution in [3.63, 3.8) is 0 Å². The summed E-state index contributed by atoms with van der Waals surface area (Å²) in [6.07, 6.45) is -2.06. The van der Waals surface area contributed by atoms with E-state index in [0.29, 0.717) is 24.0 Å². The summed E-state index contributed by atoms with van der Waals surface area (Å²) in [6, 6.07) is 4.93. The molecule has 1 aliphatic heterocycles. The van der Waals surface area contributed by atoms with Crippen molar-refractivity contribution in [2.75, 3.05) is 20.2 Å². The van der Waals surface area contributed by atoms with Gasteiger partial charge in [-0.1, -0.05) is 0 Å². The first-order valence-corrected chi connectivity index (χ1v) is 9.99. The minimum Gasteiger partial charge on any atom is -0.403 e. The number of aromatic nitrogens is 1. The van der Waals surface area contributed by atoms with Crippen LogP contribution >= 0.6 is 0 Å². The number of fused-ring (bicyclic) bond motifs is 1. The number of aryl methyl sites for hydroxylation is 1. The van der Waals surface area contributed by atoms with Gasteiger partial charge in [0.2, 0.25) is 0 Å². The maximum Gasteiger partial charge on any atom is 0.573 e. The Morgan fingerprint density at radius 3 is 2.70 bits per heavy atom. The van der Waals surface area contributed by atoms with Crippen LogP contribution in [0, 0.1) is 6.92 Å². The Balaban J connectivity index is 1.60. The number of hydrogen-bond acceptors (Lipinski definition) is 5. The van der Waals surface area contributed by atoms with E-state index in [1.165, 1.54) is 6.07 Å². The third-order valence-electron chi connectivity index (χ3n) is 5.64. The second kappa shape index (κ2) is 8.03. The molecule has 2 atom stereocenters. The zero-order valence-corrected chi connectivity index (χ0v) is 16.8. The van der Waals surface area contributed by atoms with Crippen molar-refractivity contribution in [1.82, 2.24) is 15.6 Å². The molecule has 162 valence electrons. The number of alkyl halides is 3. The zero-order chi connectivity index (χ0) is 21.5. The lowest BCUT2D eigenvalue weighted by Gasteiger charge is -2.16. The third kappa shape index (κ3) is 4.67. The lowest BCUT2D eigenvalue weighted by Crippen LogP contribution is -2.37. The van der Waals surface area contributed by atoms with Crippen LogP contribution in [0.15, 0.2) is 18.2 Å². The molecule has 4 rings (SSSR count). The molecule has 1 saturated heterocycles. The van der Waals surface area contributed by atoms with Gasteiger partial charge in [0.1, 0.15) is 11.2 Å². The fourth-order valence-electron chi connectivity index (χ4n) is 3.88. The van der Waals surface area contributed by atoms with E-state index in [1.54, 1.807) is 20.1 Å². The highest BCUT2D eigenvalue weighted by Crippen LogP contribution is 2.44. The molecular weight excluding hydrogens is 399 g/mol. The number of rotatable bonds is 6. The molecule has 1 aromatic carbocycles. The van der Waals surface area contributed by atoms with Crippen molar-refractivity contribution in [1.29, 1.82) is 0 Å². The molecule has 0 radical (unpaired) electrons. The zero-order valence-electron chi connectivity index (χ0n) is 16.8. The average Bonchev–Trinajstić information content (AvgIpc) is 3.43. The van der Waals surface area contributed by atoms with Crippen LogP contribution in [0.3, 0.4) is 0 Å². The van der Waals surface area contributed by atoms with E-state index < -0.39 is 12.3 Å². The van der Waals surface area contributed by atoms with Gasteiger partial charge in [-0.2, -0.15) is 0 Å². The molecule has 1 aromatic heterocycles. The second-order valence-electron chi connectivity index (χ2n) is 7.97. The van der Waals surface area contributed by atoms with Crippen molar-refractivity contribution in [3.8, 4) is 5.75 Å². The Morgan fingerprint density at radius 1 is 1.30 bits per heavy atom. The molecule has 0 bridgehead atoms. The van der Waals surface area contributed by atoms with E-state index in [0.717, 1.165) is 24.8 Å². The number of hydrogen-bond donors (Lipinski definition) is 2. The lowest BCUT2D eigenvalue weighted by atomic mass is 10.0. The highest BCUT2D eigenvalue weighted by Gasteiger charge is 2.34. The number of nitrogens with zero attached hydrogens (tertiary/aromatic N) is 1. The number of halogens is 3. The number of carbonyl (C=O) groups excluding carboxylic acids is 1. The summed E-state index contributed by atoms with van der Waals surface area (Å²) < 4.78 is 48.5. The molecule has 9 heteroatoms. The van der Waals surface area contributed by atoms with Gasteiger partial charge in [-0.15, -0.1) is 13.2 Å². The maximum absolute atomic E-state index is 13.0. The van der Waals surface area contributed by atoms with Crippen molar-refractivity contribution >= 4 is 16.8 Å². The number of nitrogens with one attached hydrogen (secondary N) is 2. The maximum atomic E-state index is 13.0. The fourth-order valence-corrected chi connectivity index (χ4v) is 3.88. The second-order valence-corrected chi connectivity index (χ2v) is 7.97. The van der Waals surface area contributed by atoms with Crippen molar-refractivity contribution in [3.05, 3.63) is 35.0 Å². The standard InChI is InChI=1S/C21H24F3N3O3/c1-11-5-17(20(28)26-9-14-8-15(29-2)10-25-14)27-19-16(11)6-13(12-3-4-12)7-18(19)30-21(22,23)24/h5-7,12,14-15,25H,3-4,8-10H2,1-2H3,(H,26,28).